The van der Waals surface area contributed by atoms with Crippen molar-refractivity contribution in [1.82, 2.24) is 10.6 Å². The van der Waals surface area contributed by atoms with Gasteiger partial charge in [0, 0.05) is 16.9 Å². The standard InChI is InChI=1S/C48H49N3/c1-47(2)40-19-11-10-18-36(40)38-29-39-37-25-24-35(28-42(37)48(26-12-5-13-27-48)43(39)30-41(38)47)31-20-22-34(23-21-31)46-50-44(32-14-6-3-7-15-32)49-45(51-46)33-16-8-4-9-17-33/h3-4,6-11,14-18,20-23,28,30,39-40,44,46,50H,5,12-13,19,24-27,29H2,1-2H3,(H,49,51). The Morgan fingerprint density at radius 3 is 2.29 bits per heavy atom. The maximum atomic E-state index is 5.10. The second kappa shape index (κ2) is 12.1. The fraction of sp³-hybridized carbons (Fsp3) is 0.354. The van der Waals surface area contributed by atoms with Gasteiger partial charge in [0.15, 0.2) is 0 Å². The number of allylic oxidation sites excluding steroid dienone is 12. The van der Waals surface area contributed by atoms with Crippen molar-refractivity contribution in [3.8, 4) is 0 Å². The van der Waals surface area contributed by atoms with E-state index in [0.29, 0.717) is 11.8 Å². The van der Waals surface area contributed by atoms with Gasteiger partial charge in [0.1, 0.15) is 18.2 Å². The topological polar surface area (TPSA) is 36.4 Å². The molecule has 0 amide bonds. The van der Waals surface area contributed by atoms with E-state index >= 15 is 0 Å². The second-order valence-corrected chi connectivity index (χ2v) is 16.6. The molecule has 10 rings (SSSR count). The smallest absolute Gasteiger partial charge is 0.131 e. The van der Waals surface area contributed by atoms with Crippen molar-refractivity contribution in [3.63, 3.8) is 0 Å². The van der Waals surface area contributed by atoms with Gasteiger partial charge < -0.3 is 5.32 Å². The summed E-state index contributed by atoms with van der Waals surface area (Å²) in [5.74, 6) is 2.16. The minimum atomic E-state index is -0.121. The Hall–Kier alpha value is -4.47. The van der Waals surface area contributed by atoms with Crippen LogP contribution in [0.2, 0.25) is 0 Å². The van der Waals surface area contributed by atoms with Crippen LogP contribution in [0.3, 0.4) is 0 Å². The normalized spacial score (nSPS) is 28.5. The van der Waals surface area contributed by atoms with Crippen LogP contribution in [0.15, 0.2) is 154 Å². The first-order chi connectivity index (χ1) is 25.0. The fourth-order valence-corrected chi connectivity index (χ4v) is 11.0. The van der Waals surface area contributed by atoms with Gasteiger partial charge in [0.2, 0.25) is 0 Å². The number of fused-ring (bicyclic) bond motifs is 6. The Morgan fingerprint density at radius 1 is 0.745 bits per heavy atom. The Morgan fingerprint density at radius 2 is 1.51 bits per heavy atom. The molecule has 7 aliphatic rings. The maximum Gasteiger partial charge on any atom is 0.131 e. The zero-order chi connectivity index (χ0) is 34.2. The van der Waals surface area contributed by atoms with E-state index < -0.39 is 0 Å². The number of nitrogens with one attached hydrogen (secondary N) is 2. The maximum absolute atomic E-state index is 5.10. The number of hydrogen-bond acceptors (Lipinski definition) is 3. The highest BCUT2D eigenvalue weighted by Crippen LogP contribution is 2.67. The average molecular weight is 668 g/mol. The molecular formula is C48H49N3. The minimum absolute atomic E-state index is 0.0462. The van der Waals surface area contributed by atoms with Crippen LogP contribution in [-0.4, -0.2) is 5.84 Å². The first-order valence-electron chi connectivity index (χ1n) is 19.6. The largest absolute Gasteiger partial charge is 0.350 e. The number of hydrogen-bond donors (Lipinski definition) is 2. The van der Waals surface area contributed by atoms with Gasteiger partial charge in [-0.05, 0) is 94.4 Å². The molecule has 0 bridgehead atoms. The lowest BCUT2D eigenvalue weighted by molar-refractivity contribution is 0.290. The molecule has 3 nitrogen and oxygen atoms in total. The van der Waals surface area contributed by atoms with Gasteiger partial charge >= 0.3 is 0 Å². The third kappa shape index (κ3) is 4.99. The van der Waals surface area contributed by atoms with Gasteiger partial charge in [-0.25, -0.2) is 4.99 Å². The second-order valence-electron chi connectivity index (χ2n) is 16.6. The SMILES string of the molecule is CC1(C)C2=C(CC3C(=C2)C2(CCCCC2)C2=C3CCC(c3ccc(C4NC(c5ccccc5)=NC(c5ccccc5)N4)cc3)=C2)C2=CC=CCC21. The van der Waals surface area contributed by atoms with E-state index in [1.807, 2.05) is 0 Å². The van der Waals surface area contributed by atoms with Crippen molar-refractivity contribution in [2.24, 2.45) is 27.7 Å². The summed E-state index contributed by atoms with van der Waals surface area (Å²) in [6.45, 7) is 5.05. The van der Waals surface area contributed by atoms with E-state index in [1.165, 1.54) is 73.6 Å². The van der Waals surface area contributed by atoms with E-state index in [4.69, 9.17) is 4.99 Å². The van der Waals surface area contributed by atoms with Crippen LogP contribution < -0.4 is 10.6 Å². The predicted octanol–water partition coefficient (Wildman–Crippen LogP) is 11.2. The third-order valence-corrected chi connectivity index (χ3v) is 13.6. The van der Waals surface area contributed by atoms with Crippen LogP contribution in [0.25, 0.3) is 5.57 Å². The van der Waals surface area contributed by atoms with Crippen molar-refractivity contribution in [1.29, 1.82) is 0 Å². The zero-order valence-corrected chi connectivity index (χ0v) is 30.1. The molecule has 1 heterocycles. The van der Waals surface area contributed by atoms with Crippen molar-refractivity contribution in [2.75, 3.05) is 0 Å². The monoisotopic (exact) mass is 667 g/mol. The molecule has 0 aromatic heterocycles. The van der Waals surface area contributed by atoms with E-state index in [0.717, 1.165) is 17.8 Å². The van der Waals surface area contributed by atoms with Gasteiger partial charge in [-0.2, -0.15) is 0 Å². The molecule has 4 atom stereocenters. The highest BCUT2D eigenvalue weighted by molar-refractivity contribution is 5.99. The molecule has 1 aliphatic heterocycles. The third-order valence-electron chi connectivity index (χ3n) is 13.6. The summed E-state index contributed by atoms with van der Waals surface area (Å²) in [7, 11) is 0. The van der Waals surface area contributed by atoms with Gasteiger partial charge in [-0.1, -0.05) is 160 Å². The van der Waals surface area contributed by atoms with Gasteiger partial charge in [-0.15, -0.1) is 0 Å². The summed E-state index contributed by atoms with van der Waals surface area (Å²) in [5, 5.41) is 7.50. The molecule has 1 saturated carbocycles. The molecule has 3 aromatic carbocycles. The Kier molecular flexibility index (Phi) is 7.40. The molecule has 0 saturated heterocycles. The number of amidine groups is 1. The van der Waals surface area contributed by atoms with Crippen LogP contribution in [0, 0.1) is 22.7 Å². The molecular weight excluding hydrogens is 619 g/mol. The zero-order valence-electron chi connectivity index (χ0n) is 30.1. The number of rotatable bonds is 4. The molecule has 2 N–H and O–H groups in total. The van der Waals surface area contributed by atoms with E-state index in [9.17, 15) is 0 Å². The Labute approximate surface area is 303 Å². The van der Waals surface area contributed by atoms with E-state index in [-0.39, 0.29) is 23.2 Å². The fourth-order valence-electron chi connectivity index (χ4n) is 11.0. The quantitative estimate of drug-likeness (QED) is 0.290. The molecule has 3 aromatic rings. The van der Waals surface area contributed by atoms with Crippen LogP contribution >= 0.6 is 0 Å². The lowest BCUT2D eigenvalue weighted by Crippen LogP contribution is -2.44. The minimum Gasteiger partial charge on any atom is -0.350 e. The summed E-state index contributed by atoms with van der Waals surface area (Å²) in [6, 6.07) is 30.5. The molecule has 51 heavy (non-hydrogen) atoms. The van der Waals surface area contributed by atoms with Gasteiger partial charge in [0.25, 0.3) is 0 Å². The summed E-state index contributed by atoms with van der Waals surface area (Å²) in [6.07, 6.45) is 23.9. The van der Waals surface area contributed by atoms with Crippen molar-refractivity contribution in [2.45, 2.75) is 84.0 Å². The molecule has 256 valence electrons. The Balaban J connectivity index is 0.969. The molecule has 4 unspecified atom stereocenters. The van der Waals surface area contributed by atoms with E-state index in [2.05, 4.69) is 140 Å². The number of aliphatic imine (C=N–C) groups is 1. The van der Waals surface area contributed by atoms with E-state index in [1.54, 1.807) is 33.4 Å². The summed E-state index contributed by atoms with van der Waals surface area (Å²) in [4.78, 5) is 5.10. The van der Waals surface area contributed by atoms with Crippen molar-refractivity contribution in [3.05, 3.63) is 171 Å². The highest BCUT2D eigenvalue weighted by Gasteiger charge is 2.54. The highest BCUT2D eigenvalue weighted by atomic mass is 15.3. The lowest BCUT2D eigenvalue weighted by atomic mass is 9.63. The molecule has 3 heteroatoms. The number of benzene rings is 3. The summed E-state index contributed by atoms with van der Waals surface area (Å²) in [5.41, 5.74) is 17.1. The van der Waals surface area contributed by atoms with Crippen LogP contribution in [0.5, 0.6) is 0 Å². The summed E-state index contributed by atoms with van der Waals surface area (Å²) < 4.78 is 0. The van der Waals surface area contributed by atoms with Gasteiger partial charge in [-0.3, -0.25) is 5.32 Å². The average Bonchev–Trinajstić information content (AvgIpc) is 3.58. The van der Waals surface area contributed by atoms with Crippen molar-refractivity contribution < 1.29 is 0 Å². The van der Waals surface area contributed by atoms with Crippen LogP contribution in [-0.2, 0) is 0 Å². The molecule has 1 spiro atoms. The first-order valence-corrected chi connectivity index (χ1v) is 19.6. The van der Waals surface area contributed by atoms with Gasteiger partial charge in [0.05, 0.1) is 0 Å². The first kappa shape index (κ1) is 31.3. The van der Waals surface area contributed by atoms with Crippen molar-refractivity contribution >= 4 is 11.4 Å². The van der Waals surface area contributed by atoms with Crippen LogP contribution in [0.4, 0.5) is 0 Å². The molecule has 1 fully saturated rings. The molecule has 0 radical (unpaired) electrons. The Bertz CT molecular complexity index is 2090. The predicted molar refractivity (Wildman–Crippen MR) is 210 cm³/mol. The lowest BCUT2D eigenvalue weighted by Gasteiger charge is -2.41. The number of nitrogens with zero attached hydrogens (tertiary/aromatic N) is 1. The molecule has 6 aliphatic carbocycles. The summed E-state index contributed by atoms with van der Waals surface area (Å²) >= 11 is 0. The van der Waals surface area contributed by atoms with Crippen LogP contribution in [0.1, 0.15) is 106 Å².